The smallest absolute Gasteiger partial charge is 0.225 e. The maximum absolute atomic E-state index is 12.4. The van der Waals surface area contributed by atoms with Crippen LogP contribution >= 0.6 is 0 Å². The molecule has 0 atom stereocenters. The zero-order valence-corrected chi connectivity index (χ0v) is 11.5. The van der Waals surface area contributed by atoms with Gasteiger partial charge in [0, 0.05) is 19.0 Å². The molecule has 0 aromatic carbocycles. The van der Waals surface area contributed by atoms with Crippen LogP contribution in [-0.4, -0.2) is 23.9 Å². The van der Waals surface area contributed by atoms with E-state index in [2.05, 4.69) is 18.7 Å². The van der Waals surface area contributed by atoms with Gasteiger partial charge in [0.25, 0.3) is 0 Å². The summed E-state index contributed by atoms with van der Waals surface area (Å²) in [5, 5.41) is 0. The second kappa shape index (κ2) is 5.88. The Kier molecular flexibility index (Phi) is 4.47. The number of amides is 1. The number of carbonyl (C=O) groups excluding carboxylic acids is 1. The summed E-state index contributed by atoms with van der Waals surface area (Å²) in [5.74, 6) is 2.44. The van der Waals surface area contributed by atoms with Crippen molar-refractivity contribution in [3.8, 4) is 0 Å². The molecule has 2 nitrogen and oxygen atoms in total. The predicted octanol–water partition coefficient (Wildman–Crippen LogP) is 3.46. The van der Waals surface area contributed by atoms with Crippen LogP contribution in [0.3, 0.4) is 0 Å². The lowest BCUT2D eigenvalue weighted by Crippen LogP contribution is -2.43. The molecule has 98 valence electrons. The zero-order valence-electron chi connectivity index (χ0n) is 11.5. The maximum atomic E-state index is 12.4. The van der Waals surface area contributed by atoms with Crippen molar-refractivity contribution >= 4 is 5.91 Å². The molecule has 2 heteroatoms. The van der Waals surface area contributed by atoms with Gasteiger partial charge in [0.2, 0.25) is 5.91 Å². The van der Waals surface area contributed by atoms with Gasteiger partial charge in [-0.15, -0.1) is 0 Å². The van der Waals surface area contributed by atoms with E-state index < -0.39 is 0 Å². The SMILES string of the molecule is CC(C)C1CCN(C(=O)C2CCCCC2)CC1. The average molecular weight is 237 g/mol. The fourth-order valence-corrected chi connectivity index (χ4v) is 3.39. The molecule has 0 unspecified atom stereocenters. The summed E-state index contributed by atoms with van der Waals surface area (Å²) in [4.78, 5) is 14.5. The highest BCUT2D eigenvalue weighted by Gasteiger charge is 2.29. The minimum atomic E-state index is 0.361. The molecule has 0 radical (unpaired) electrons. The van der Waals surface area contributed by atoms with E-state index in [0.717, 1.165) is 37.8 Å². The molecule has 17 heavy (non-hydrogen) atoms. The van der Waals surface area contributed by atoms with Crippen LogP contribution in [0.25, 0.3) is 0 Å². The van der Waals surface area contributed by atoms with E-state index in [9.17, 15) is 4.79 Å². The molecule has 1 saturated carbocycles. The summed E-state index contributed by atoms with van der Waals surface area (Å²) in [5.41, 5.74) is 0. The molecular formula is C15H27NO. The van der Waals surface area contributed by atoms with Crippen molar-refractivity contribution in [2.75, 3.05) is 13.1 Å². The highest BCUT2D eigenvalue weighted by molar-refractivity contribution is 5.79. The highest BCUT2D eigenvalue weighted by atomic mass is 16.2. The number of rotatable bonds is 2. The fourth-order valence-electron chi connectivity index (χ4n) is 3.39. The van der Waals surface area contributed by atoms with E-state index in [0.29, 0.717) is 11.8 Å². The van der Waals surface area contributed by atoms with E-state index in [4.69, 9.17) is 0 Å². The summed E-state index contributed by atoms with van der Waals surface area (Å²) >= 11 is 0. The lowest BCUT2D eigenvalue weighted by atomic mass is 9.84. The first-order valence-electron chi connectivity index (χ1n) is 7.47. The molecule has 2 aliphatic rings. The third-order valence-electron chi connectivity index (χ3n) is 4.75. The van der Waals surface area contributed by atoms with Crippen molar-refractivity contribution < 1.29 is 4.79 Å². The van der Waals surface area contributed by atoms with Gasteiger partial charge in [0.1, 0.15) is 0 Å². The van der Waals surface area contributed by atoms with Gasteiger partial charge in [-0.25, -0.2) is 0 Å². The Morgan fingerprint density at radius 2 is 1.59 bits per heavy atom. The molecule has 1 saturated heterocycles. The number of hydrogen-bond donors (Lipinski definition) is 0. The third-order valence-corrected chi connectivity index (χ3v) is 4.75. The first kappa shape index (κ1) is 12.9. The number of hydrogen-bond acceptors (Lipinski definition) is 1. The van der Waals surface area contributed by atoms with Crippen molar-refractivity contribution in [1.29, 1.82) is 0 Å². The monoisotopic (exact) mass is 237 g/mol. The molecule has 2 rings (SSSR count). The maximum Gasteiger partial charge on any atom is 0.225 e. The van der Waals surface area contributed by atoms with Crippen molar-refractivity contribution in [2.24, 2.45) is 17.8 Å². The Morgan fingerprint density at radius 3 is 2.12 bits per heavy atom. The van der Waals surface area contributed by atoms with Gasteiger partial charge in [-0.1, -0.05) is 33.1 Å². The van der Waals surface area contributed by atoms with Crippen LogP contribution in [0.5, 0.6) is 0 Å². The Labute approximate surface area is 106 Å². The molecule has 1 heterocycles. The Balaban J connectivity index is 1.81. The van der Waals surface area contributed by atoms with Crippen LogP contribution in [0.15, 0.2) is 0 Å². The van der Waals surface area contributed by atoms with Crippen molar-refractivity contribution in [1.82, 2.24) is 4.90 Å². The highest BCUT2D eigenvalue weighted by Crippen LogP contribution is 2.29. The average Bonchev–Trinajstić information content (AvgIpc) is 2.39. The van der Waals surface area contributed by atoms with E-state index >= 15 is 0 Å². The summed E-state index contributed by atoms with van der Waals surface area (Å²) in [6.07, 6.45) is 8.58. The number of piperidine rings is 1. The topological polar surface area (TPSA) is 20.3 Å². The van der Waals surface area contributed by atoms with E-state index in [1.54, 1.807) is 0 Å². The van der Waals surface area contributed by atoms with Gasteiger partial charge in [0.05, 0.1) is 0 Å². The van der Waals surface area contributed by atoms with E-state index in [-0.39, 0.29) is 0 Å². The van der Waals surface area contributed by atoms with Crippen LogP contribution in [0.4, 0.5) is 0 Å². The van der Waals surface area contributed by atoms with Crippen LogP contribution in [0.1, 0.15) is 58.8 Å². The third kappa shape index (κ3) is 3.23. The molecule has 1 aliphatic carbocycles. The molecular weight excluding hydrogens is 210 g/mol. The molecule has 0 N–H and O–H groups in total. The number of likely N-dealkylation sites (tertiary alicyclic amines) is 1. The van der Waals surface area contributed by atoms with Crippen molar-refractivity contribution in [3.63, 3.8) is 0 Å². The van der Waals surface area contributed by atoms with Crippen LogP contribution < -0.4 is 0 Å². The van der Waals surface area contributed by atoms with Gasteiger partial charge < -0.3 is 4.90 Å². The van der Waals surface area contributed by atoms with E-state index in [1.165, 1.54) is 32.1 Å². The second-order valence-corrected chi connectivity index (χ2v) is 6.24. The lowest BCUT2D eigenvalue weighted by Gasteiger charge is -2.36. The molecule has 0 bridgehead atoms. The van der Waals surface area contributed by atoms with Crippen LogP contribution in [0, 0.1) is 17.8 Å². The molecule has 2 fully saturated rings. The van der Waals surface area contributed by atoms with Crippen molar-refractivity contribution in [3.05, 3.63) is 0 Å². The van der Waals surface area contributed by atoms with Gasteiger partial charge in [-0.2, -0.15) is 0 Å². The van der Waals surface area contributed by atoms with Gasteiger partial charge in [-0.05, 0) is 37.5 Å². The normalized spacial score (nSPS) is 24.3. The Bertz CT molecular complexity index is 248. The fraction of sp³-hybridized carbons (Fsp3) is 0.933. The molecule has 0 spiro atoms. The molecule has 1 aliphatic heterocycles. The second-order valence-electron chi connectivity index (χ2n) is 6.24. The minimum Gasteiger partial charge on any atom is -0.342 e. The van der Waals surface area contributed by atoms with Crippen molar-refractivity contribution in [2.45, 2.75) is 58.8 Å². The lowest BCUT2D eigenvalue weighted by molar-refractivity contribution is -0.138. The molecule has 0 aromatic rings. The molecule has 1 amide bonds. The van der Waals surface area contributed by atoms with Gasteiger partial charge in [-0.3, -0.25) is 4.79 Å². The van der Waals surface area contributed by atoms with Gasteiger partial charge in [0.15, 0.2) is 0 Å². The standard InChI is InChI=1S/C15H27NO/c1-12(2)13-8-10-16(11-9-13)15(17)14-6-4-3-5-7-14/h12-14H,3-11H2,1-2H3. The summed E-state index contributed by atoms with van der Waals surface area (Å²) in [6, 6.07) is 0. The summed E-state index contributed by atoms with van der Waals surface area (Å²) < 4.78 is 0. The van der Waals surface area contributed by atoms with E-state index in [1.807, 2.05) is 0 Å². The quantitative estimate of drug-likeness (QED) is 0.720. The summed E-state index contributed by atoms with van der Waals surface area (Å²) in [7, 11) is 0. The first-order chi connectivity index (χ1) is 8.18. The Hall–Kier alpha value is -0.530. The number of carbonyl (C=O) groups is 1. The van der Waals surface area contributed by atoms with Gasteiger partial charge >= 0.3 is 0 Å². The minimum absolute atomic E-state index is 0.361. The molecule has 0 aromatic heterocycles. The zero-order chi connectivity index (χ0) is 12.3. The Morgan fingerprint density at radius 1 is 1.00 bits per heavy atom. The predicted molar refractivity (Wildman–Crippen MR) is 70.7 cm³/mol. The van der Waals surface area contributed by atoms with Crippen LogP contribution in [0.2, 0.25) is 0 Å². The number of nitrogens with zero attached hydrogens (tertiary/aromatic N) is 1. The first-order valence-corrected chi connectivity index (χ1v) is 7.47. The van der Waals surface area contributed by atoms with Crippen LogP contribution in [-0.2, 0) is 4.79 Å². The summed E-state index contributed by atoms with van der Waals surface area (Å²) in [6.45, 7) is 6.64. The largest absolute Gasteiger partial charge is 0.342 e.